The van der Waals surface area contributed by atoms with Crippen LogP contribution in [0.15, 0.2) is 12.4 Å². The lowest BCUT2D eigenvalue weighted by atomic mass is 10.1. The van der Waals surface area contributed by atoms with Gasteiger partial charge in [-0.3, -0.25) is 4.68 Å². The Hall–Kier alpha value is -0.100. The van der Waals surface area contributed by atoms with Crippen LogP contribution < -0.4 is 5.32 Å². The molecule has 0 amide bonds. The van der Waals surface area contributed by atoms with Crippen LogP contribution in [0.25, 0.3) is 0 Å². The molecule has 1 aromatic rings. The summed E-state index contributed by atoms with van der Waals surface area (Å²) in [5, 5.41) is 7.75. The van der Waals surface area contributed by atoms with Gasteiger partial charge in [0.2, 0.25) is 0 Å². The van der Waals surface area contributed by atoms with Crippen LogP contribution in [0.2, 0.25) is 0 Å². The van der Waals surface area contributed by atoms with E-state index in [1.54, 1.807) is 0 Å². The largest absolute Gasteiger partial charge is 0.310 e. The molecule has 3 nitrogen and oxygen atoms in total. The minimum Gasteiger partial charge on any atom is -0.310 e. The van der Waals surface area contributed by atoms with Gasteiger partial charge < -0.3 is 5.32 Å². The summed E-state index contributed by atoms with van der Waals surface area (Å²) in [6.45, 7) is 9.63. The fourth-order valence-electron chi connectivity index (χ4n) is 1.10. The summed E-state index contributed by atoms with van der Waals surface area (Å²) >= 11 is 2.27. The topological polar surface area (TPSA) is 29.9 Å². The van der Waals surface area contributed by atoms with Crippen LogP contribution in [0, 0.1) is 3.57 Å². The van der Waals surface area contributed by atoms with E-state index in [0.29, 0.717) is 6.04 Å². The Kier molecular flexibility index (Phi) is 3.94. The van der Waals surface area contributed by atoms with Gasteiger partial charge >= 0.3 is 0 Å². The molecule has 4 heteroatoms. The zero-order chi connectivity index (χ0) is 10.8. The first-order valence-electron chi connectivity index (χ1n) is 4.83. The lowest BCUT2D eigenvalue weighted by molar-refractivity contribution is 0.365. The van der Waals surface area contributed by atoms with Crippen LogP contribution in [0.3, 0.4) is 0 Å². The summed E-state index contributed by atoms with van der Waals surface area (Å²) < 4.78 is 3.19. The zero-order valence-electron chi connectivity index (χ0n) is 9.21. The first kappa shape index (κ1) is 12.0. The Bertz CT molecular complexity index is 288. The van der Waals surface area contributed by atoms with Gasteiger partial charge in [-0.15, -0.1) is 0 Å². The van der Waals surface area contributed by atoms with E-state index in [-0.39, 0.29) is 5.54 Å². The molecule has 1 atom stereocenters. The molecule has 0 saturated carbocycles. The summed E-state index contributed by atoms with van der Waals surface area (Å²) in [4.78, 5) is 0. The number of halogens is 1. The van der Waals surface area contributed by atoms with Gasteiger partial charge in [0.15, 0.2) is 0 Å². The van der Waals surface area contributed by atoms with Crippen molar-refractivity contribution in [2.24, 2.45) is 0 Å². The number of hydrogen-bond donors (Lipinski definition) is 1. The molecular weight excluding hydrogens is 289 g/mol. The molecule has 0 bridgehead atoms. The minimum absolute atomic E-state index is 0.175. The van der Waals surface area contributed by atoms with Gasteiger partial charge in [-0.1, -0.05) is 0 Å². The van der Waals surface area contributed by atoms with Crippen LogP contribution in [-0.2, 0) is 0 Å². The second-order valence-corrected chi connectivity index (χ2v) is 5.86. The van der Waals surface area contributed by atoms with E-state index in [1.165, 1.54) is 3.57 Å². The molecule has 1 heterocycles. The van der Waals surface area contributed by atoms with Crippen LogP contribution in [-0.4, -0.2) is 21.9 Å². The summed E-state index contributed by atoms with van der Waals surface area (Å²) in [7, 11) is 0. The Balaban J connectivity index is 2.47. The van der Waals surface area contributed by atoms with Crippen molar-refractivity contribution < 1.29 is 0 Å². The van der Waals surface area contributed by atoms with Crippen molar-refractivity contribution in [1.82, 2.24) is 15.1 Å². The molecule has 14 heavy (non-hydrogen) atoms. The monoisotopic (exact) mass is 307 g/mol. The normalized spacial score (nSPS) is 14.4. The van der Waals surface area contributed by atoms with Crippen LogP contribution in [0.4, 0.5) is 0 Å². The first-order valence-corrected chi connectivity index (χ1v) is 5.91. The molecule has 0 fully saturated rings. The quantitative estimate of drug-likeness (QED) is 0.869. The van der Waals surface area contributed by atoms with E-state index in [2.05, 4.69) is 66.9 Å². The maximum Gasteiger partial charge on any atom is 0.0623 e. The highest BCUT2D eigenvalue weighted by Gasteiger charge is 2.12. The second kappa shape index (κ2) is 4.61. The van der Waals surface area contributed by atoms with Gasteiger partial charge in [-0.25, -0.2) is 0 Å². The standard InChI is InChI=1S/C10H18IN3/c1-8(5-12-10(2,3)4)14-7-9(11)6-13-14/h6-8,12H,5H2,1-4H3. The molecule has 0 radical (unpaired) electrons. The minimum atomic E-state index is 0.175. The highest BCUT2D eigenvalue weighted by Crippen LogP contribution is 2.09. The summed E-state index contributed by atoms with van der Waals surface area (Å²) in [5.41, 5.74) is 0.175. The zero-order valence-corrected chi connectivity index (χ0v) is 11.4. The van der Waals surface area contributed by atoms with Crippen molar-refractivity contribution in [2.45, 2.75) is 39.3 Å². The third kappa shape index (κ3) is 3.96. The van der Waals surface area contributed by atoms with Crippen LogP contribution >= 0.6 is 22.6 Å². The lowest BCUT2D eigenvalue weighted by Crippen LogP contribution is -2.39. The fraction of sp³-hybridized carbons (Fsp3) is 0.700. The van der Waals surface area contributed by atoms with E-state index in [4.69, 9.17) is 0 Å². The van der Waals surface area contributed by atoms with E-state index in [0.717, 1.165) is 6.54 Å². The van der Waals surface area contributed by atoms with E-state index in [9.17, 15) is 0 Å². The number of rotatable bonds is 3. The molecule has 80 valence electrons. The van der Waals surface area contributed by atoms with Crippen molar-refractivity contribution in [3.05, 3.63) is 16.0 Å². The van der Waals surface area contributed by atoms with Gasteiger partial charge in [0.25, 0.3) is 0 Å². The molecule has 1 rings (SSSR count). The molecule has 0 aromatic carbocycles. The first-order chi connectivity index (χ1) is 6.38. The van der Waals surface area contributed by atoms with Gasteiger partial charge in [-0.2, -0.15) is 5.10 Å². The molecule has 0 aliphatic rings. The highest BCUT2D eigenvalue weighted by atomic mass is 127. The van der Waals surface area contributed by atoms with E-state index < -0.39 is 0 Å². The van der Waals surface area contributed by atoms with Crippen molar-refractivity contribution in [3.8, 4) is 0 Å². The van der Waals surface area contributed by atoms with Crippen molar-refractivity contribution >= 4 is 22.6 Å². The molecule has 0 aliphatic carbocycles. The van der Waals surface area contributed by atoms with Crippen LogP contribution in [0.1, 0.15) is 33.7 Å². The molecule has 1 N–H and O–H groups in total. The molecule has 0 aliphatic heterocycles. The van der Waals surface area contributed by atoms with Gasteiger partial charge in [0, 0.05) is 18.3 Å². The highest BCUT2D eigenvalue weighted by molar-refractivity contribution is 14.1. The lowest BCUT2D eigenvalue weighted by Gasteiger charge is -2.23. The van der Waals surface area contributed by atoms with E-state index >= 15 is 0 Å². The molecule has 1 unspecified atom stereocenters. The predicted molar refractivity (Wildman–Crippen MR) is 67.4 cm³/mol. The Morgan fingerprint density at radius 2 is 2.21 bits per heavy atom. The molecular formula is C10H18IN3. The summed E-state index contributed by atoms with van der Waals surface area (Å²) in [6, 6.07) is 0.401. The smallest absolute Gasteiger partial charge is 0.0623 e. The fourth-order valence-corrected chi connectivity index (χ4v) is 1.51. The number of nitrogens with one attached hydrogen (secondary N) is 1. The number of nitrogens with zero attached hydrogens (tertiary/aromatic N) is 2. The van der Waals surface area contributed by atoms with Crippen molar-refractivity contribution in [2.75, 3.05) is 6.54 Å². The van der Waals surface area contributed by atoms with Crippen molar-refractivity contribution in [3.63, 3.8) is 0 Å². The third-order valence-corrected chi connectivity index (χ3v) is 2.51. The molecule has 1 aromatic heterocycles. The van der Waals surface area contributed by atoms with Crippen LogP contribution in [0.5, 0.6) is 0 Å². The van der Waals surface area contributed by atoms with Gasteiger partial charge in [-0.05, 0) is 50.3 Å². The SMILES string of the molecule is CC(CNC(C)(C)C)n1cc(I)cn1. The second-order valence-electron chi connectivity index (χ2n) is 4.62. The average molecular weight is 307 g/mol. The summed E-state index contributed by atoms with van der Waals surface area (Å²) in [6.07, 6.45) is 3.95. The third-order valence-electron chi connectivity index (χ3n) is 1.95. The summed E-state index contributed by atoms with van der Waals surface area (Å²) in [5.74, 6) is 0. The Morgan fingerprint density at radius 1 is 1.57 bits per heavy atom. The number of hydrogen-bond acceptors (Lipinski definition) is 2. The van der Waals surface area contributed by atoms with Crippen molar-refractivity contribution in [1.29, 1.82) is 0 Å². The van der Waals surface area contributed by atoms with Gasteiger partial charge in [0.1, 0.15) is 0 Å². The maximum absolute atomic E-state index is 4.29. The Labute approximate surface area is 99.4 Å². The predicted octanol–water partition coefficient (Wildman–Crippen LogP) is 2.44. The molecule has 0 saturated heterocycles. The van der Waals surface area contributed by atoms with Gasteiger partial charge in [0.05, 0.1) is 15.8 Å². The van der Waals surface area contributed by atoms with E-state index in [1.807, 2.05) is 10.9 Å². The molecule has 0 spiro atoms. The average Bonchev–Trinajstić information content (AvgIpc) is 2.46. The number of aromatic nitrogens is 2. The maximum atomic E-state index is 4.29. The Morgan fingerprint density at radius 3 is 2.64 bits per heavy atom.